The van der Waals surface area contributed by atoms with Crippen LogP contribution in [0.5, 0.6) is 5.75 Å². The number of benzene rings is 2. The summed E-state index contributed by atoms with van der Waals surface area (Å²) in [5.41, 5.74) is 2.11. The number of hydrogen-bond donors (Lipinski definition) is 3. The van der Waals surface area contributed by atoms with Crippen molar-refractivity contribution >= 4 is 57.9 Å². The van der Waals surface area contributed by atoms with E-state index in [0.29, 0.717) is 53.4 Å². The van der Waals surface area contributed by atoms with Crippen molar-refractivity contribution in [2.45, 2.75) is 6.92 Å². The van der Waals surface area contributed by atoms with Crippen molar-refractivity contribution in [1.82, 2.24) is 10.3 Å². The van der Waals surface area contributed by atoms with Crippen LogP contribution in [0.3, 0.4) is 0 Å². The highest BCUT2D eigenvalue weighted by Crippen LogP contribution is 2.36. The third-order valence-electron chi connectivity index (χ3n) is 4.59. The first-order valence-electron chi connectivity index (χ1n) is 10.3. The standard InChI is InChI=1S/C25H21ClFN5O2.ClH/c1-3-9-29-10-5-6-24(33)32-22-12-18-21(13-23(22)34-4-2)30-15-16(14-28)25(18)31-17-7-8-20(27)19(26)11-17;/h1,5-8,11-13,15,29H,4,9-10H2,2H3,(H,30,31)(H,32,33);1H/b6-5+;. The number of aromatic nitrogens is 1. The fourth-order valence-electron chi connectivity index (χ4n) is 3.10. The van der Waals surface area contributed by atoms with Crippen molar-refractivity contribution in [2.24, 2.45) is 0 Å². The molecule has 180 valence electrons. The minimum atomic E-state index is -0.554. The molecule has 0 aliphatic carbocycles. The van der Waals surface area contributed by atoms with Crippen molar-refractivity contribution in [3.05, 3.63) is 65.1 Å². The molecule has 0 radical (unpaired) electrons. The van der Waals surface area contributed by atoms with Crippen LogP contribution in [0, 0.1) is 29.5 Å². The average molecular weight is 514 g/mol. The molecular formula is C25H22Cl2FN5O2. The molecule has 1 aromatic heterocycles. The van der Waals surface area contributed by atoms with Gasteiger partial charge in [-0.25, -0.2) is 4.39 Å². The van der Waals surface area contributed by atoms with E-state index >= 15 is 0 Å². The summed E-state index contributed by atoms with van der Waals surface area (Å²) >= 11 is 5.90. The topological polar surface area (TPSA) is 99.1 Å². The van der Waals surface area contributed by atoms with Crippen molar-refractivity contribution < 1.29 is 13.9 Å². The van der Waals surface area contributed by atoms with E-state index in [1.54, 1.807) is 18.2 Å². The lowest BCUT2D eigenvalue weighted by Crippen LogP contribution is -2.15. The summed E-state index contributed by atoms with van der Waals surface area (Å²) < 4.78 is 19.3. The normalized spacial score (nSPS) is 10.3. The van der Waals surface area contributed by atoms with Crippen molar-refractivity contribution in [2.75, 3.05) is 30.3 Å². The van der Waals surface area contributed by atoms with E-state index in [-0.39, 0.29) is 28.9 Å². The number of pyridine rings is 1. The summed E-state index contributed by atoms with van der Waals surface area (Å²) in [5, 5.41) is 19.0. The van der Waals surface area contributed by atoms with Crippen molar-refractivity contribution in [1.29, 1.82) is 5.26 Å². The molecule has 1 heterocycles. The molecule has 7 nitrogen and oxygen atoms in total. The largest absolute Gasteiger partial charge is 0.492 e. The fraction of sp³-hybridized carbons (Fsp3) is 0.160. The molecular weight excluding hydrogens is 492 g/mol. The van der Waals surface area contributed by atoms with Crippen LogP contribution in [0.4, 0.5) is 21.5 Å². The van der Waals surface area contributed by atoms with Crippen LogP contribution in [0.25, 0.3) is 10.9 Å². The third-order valence-corrected chi connectivity index (χ3v) is 4.88. The number of hydrogen-bond acceptors (Lipinski definition) is 6. The average Bonchev–Trinajstić information content (AvgIpc) is 2.82. The maximum Gasteiger partial charge on any atom is 0.248 e. The van der Waals surface area contributed by atoms with Gasteiger partial charge >= 0.3 is 0 Å². The zero-order chi connectivity index (χ0) is 24.5. The highest BCUT2D eigenvalue weighted by molar-refractivity contribution is 6.31. The molecule has 3 N–H and O–H groups in total. The van der Waals surface area contributed by atoms with Gasteiger partial charge in [0.25, 0.3) is 0 Å². The maximum absolute atomic E-state index is 13.6. The molecule has 35 heavy (non-hydrogen) atoms. The summed E-state index contributed by atoms with van der Waals surface area (Å²) in [5.74, 6) is 1.95. The Hall–Kier alpha value is -3.82. The predicted octanol–water partition coefficient (Wildman–Crippen LogP) is 5.18. The lowest BCUT2D eigenvalue weighted by atomic mass is 10.1. The van der Waals surface area contributed by atoms with Crippen LogP contribution >= 0.6 is 24.0 Å². The van der Waals surface area contributed by atoms with Gasteiger partial charge in [0.1, 0.15) is 17.6 Å². The van der Waals surface area contributed by atoms with Gasteiger partial charge in [-0.15, -0.1) is 18.8 Å². The Labute approximate surface area is 213 Å². The molecule has 0 fully saturated rings. The number of amides is 1. The van der Waals surface area contributed by atoms with E-state index in [4.69, 9.17) is 22.8 Å². The Balaban J connectivity index is 0.00000432. The number of rotatable bonds is 9. The Morgan fingerprint density at radius 3 is 2.83 bits per heavy atom. The lowest BCUT2D eigenvalue weighted by Gasteiger charge is -2.16. The fourth-order valence-corrected chi connectivity index (χ4v) is 3.28. The van der Waals surface area contributed by atoms with E-state index < -0.39 is 5.82 Å². The van der Waals surface area contributed by atoms with Crippen LogP contribution in [-0.4, -0.2) is 30.6 Å². The van der Waals surface area contributed by atoms with Gasteiger partial charge in [-0.05, 0) is 31.2 Å². The SMILES string of the molecule is C#CCNC/C=C/C(=O)Nc1cc2c(Nc3ccc(F)c(Cl)c3)c(C#N)cnc2cc1OCC.Cl. The molecule has 0 atom stereocenters. The number of ether oxygens (including phenoxy) is 1. The van der Waals surface area contributed by atoms with E-state index in [9.17, 15) is 14.4 Å². The first kappa shape index (κ1) is 27.4. The van der Waals surface area contributed by atoms with E-state index in [2.05, 4.69) is 32.9 Å². The van der Waals surface area contributed by atoms with E-state index in [1.807, 2.05) is 6.92 Å². The second-order valence-electron chi connectivity index (χ2n) is 6.94. The van der Waals surface area contributed by atoms with Crippen molar-refractivity contribution in [3.63, 3.8) is 0 Å². The zero-order valence-corrected chi connectivity index (χ0v) is 20.3. The molecule has 0 saturated carbocycles. The van der Waals surface area contributed by atoms with Gasteiger partial charge in [0.2, 0.25) is 5.91 Å². The minimum absolute atomic E-state index is 0. The number of carbonyl (C=O) groups is 1. The number of nitriles is 1. The van der Waals surface area contributed by atoms with Gasteiger partial charge in [-0.2, -0.15) is 5.26 Å². The number of terminal acetylenes is 1. The molecule has 1 amide bonds. The molecule has 0 unspecified atom stereocenters. The highest BCUT2D eigenvalue weighted by Gasteiger charge is 2.15. The summed E-state index contributed by atoms with van der Waals surface area (Å²) in [6.07, 6.45) is 9.63. The van der Waals surface area contributed by atoms with Gasteiger partial charge in [0.05, 0.1) is 40.6 Å². The Bertz CT molecular complexity index is 1330. The molecule has 3 rings (SSSR count). The molecule has 10 heteroatoms. The predicted molar refractivity (Wildman–Crippen MR) is 139 cm³/mol. The van der Waals surface area contributed by atoms with Gasteiger partial charge < -0.3 is 20.7 Å². The first-order valence-corrected chi connectivity index (χ1v) is 10.7. The van der Waals surface area contributed by atoms with Crippen LogP contribution in [-0.2, 0) is 4.79 Å². The number of anilines is 3. The summed E-state index contributed by atoms with van der Waals surface area (Å²) in [7, 11) is 0. The lowest BCUT2D eigenvalue weighted by molar-refractivity contribution is -0.111. The summed E-state index contributed by atoms with van der Waals surface area (Å²) in [6.45, 7) is 3.03. The maximum atomic E-state index is 13.6. The van der Waals surface area contributed by atoms with Crippen molar-refractivity contribution in [3.8, 4) is 24.2 Å². The van der Waals surface area contributed by atoms with Crippen LogP contribution < -0.4 is 20.7 Å². The molecule has 3 aromatic rings. The minimum Gasteiger partial charge on any atom is -0.492 e. The van der Waals surface area contributed by atoms with E-state index in [1.165, 1.54) is 30.5 Å². The number of nitrogens with zero attached hydrogens (tertiary/aromatic N) is 2. The summed E-state index contributed by atoms with van der Waals surface area (Å²) in [6, 6.07) is 9.59. The molecule has 0 aliphatic heterocycles. The van der Waals surface area contributed by atoms with Gasteiger partial charge in [0.15, 0.2) is 0 Å². The van der Waals surface area contributed by atoms with Gasteiger partial charge in [-0.3, -0.25) is 9.78 Å². The Morgan fingerprint density at radius 1 is 1.34 bits per heavy atom. The third kappa shape index (κ3) is 7.08. The second kappa shape index (κ2) is 13.2. The van der Waals surface area contributed by atoms with Crippen LogP contribution in [0.1, 0.15) is 12.5 Å². The number of nitrogens with one attached hydrogen (secondary N) is 3. The van der Waals surface area contributed by atoms with E-state index in [0.717, 1.165) is 0 Å². The zero-order valence-electron chi connectivity index (χ0n) is 18.7. The van der Waals surface area contributed by atoms with Crippen LogP contribution in [0.15, 0.2) is 48.7 Å². The number of halogens is 3. The molecule has 0 bridgehead atoms. The second-order valence-corrected chi connectivity index (χ2v) is 7.34. The first-order chi connectivity index (χ1) is 16.5. The van der Waals surface area contributed by atoms with Gasteiger partial charge in [0, 0.05) is 36.0 Å². The highest BCUT2D eigenvalue weighted by atomic mass is 35.5. The smallest absolute Gasteiger partial charge is 0.248 e. The number of carbonyl (C=O) groups excluding carboxylic acids is 1. The Kier molecular flexibility index (Phi) is 10.3. The van der Waals surface area contributed by atoms with Crippen LogP contribution in [0.2, 0.25) is 5.02 Å². The number of fused-ring (bicyclic) bond motifs is 1. The summed E-state index contributed by atoms with van der Waals surface area (Å²) in [4.78, 5) is 16.8. The molecule has 0 saturated heterocycles. The van der Waals surface area contributed by atoms with Gasteiger partial charge in [-0.1, -0.05) is 23.6 Å². The molecule has 0 aliphatic rings. The Morgan fingerprint density at radius 2 is 2.14 bits per heavy atom. The molecule has 0 spiro atoms. The molecule has 2 aromatic carbocycles. The monoisotopic (exact) mass is 513 g/mol. The quantitative estimate of drug-likeness (QED) is 0.207.